The standard InChI is InChI=1S/C22H27NO4/c1-15(2)18-8-5-6-9-19(18)23-22(25)10-7-13-27-20-12-11-17(16(3)24)14-21(20)26-4/h5-6,8-9,11-12,14-15H,7,10,13H2,1-4H3,(H,23,25). The Morgan fingerprint density at radius 3 is 2.48 bits per heavy atom. The lowest BCUT2D eigenvalue weighted by Crippen LogP contribution is -2.14. The second kappa shape index (κ2) is 9.76. The molecule has 5 nitrogen and oxygen atoms in total. The van der Waals surface area contributed by atoms with Crippen LogP contribution in [0.1, 0.15) is 55.5 Å². The Hall–Kier alpha value is -2.82. The summed E-state index contributed by atoms with van der Waals surface area (Å²) in [5.74, 6) is 1.35. The number of ketones is 1. The fourth-order valence-corrected chi connectivity index (χ4v) is 2.75. The average Bonchev–Trinajstić information content (AvgIpc) is 2.65. The van der Waals surface area contributed by atoms with E-state index >= 15 is 0 Å². The van der Waals surface area contributed by atoms with Crippen LogP contribution in [0.3, 0.4) is 0 Å². The van der Waals surface area contributed by atoms with Crippen LogP contribution in [-0.4, -0.2) is 25.4 Å². The second-order valence-corrected chi connectivity index (χ2v) is 6.66. The molecular formula is C22H27NO4. The maximum Gasteiger partial charge on any atom is 0.224 e. The van der Waals surface area contributed by atoms with E-state index in [0.29, 0.717) is 42.4 Å². The molecule has 0 aromatic heterocycles. The van der Waals surface area contributed by atoms with Crippen molar-refractivity contribution in [2.24, 2.45) is 0 Å². The quantitative estimate of drug-likeness (QED) is 0.508. The van der Waals surface area contributed by atoms with Gasteiger partial charge in [0, 0.05) is 17.7 Å². The summed E-state index contributed by atoms with van der Waals surface area (Å²) in [7, 11) is 1.53. The summed E-state index contributed by atoms with van der Waals surface area (Å²) in [5.41, 5.74) is 2.56. The fourth-order valence-electron chi connectivity index (χ4n) is 2.75. The zero-order valence-corrected chi connectivity index (χ0v) is 16.4. The first-order chi connectivity index (χ1) is 12.9. The molecule has 0 aliphatic rings. The molecule has 2 aromatic carbocycles. The Balaban J connectivity index is 1.85. The van der Waals surface area contributed by atoms with Crippen LogP contribution in [0, 0.1) is 0 Å². The van der Waals surface area contributed by atoms with Gasteiger partial charge in [0.1, 0.15) is 0 Å². The van der Waals surface area contributed by atoms with Crippen LogP contribution in [0.25, 0.3) is 0 Å². The number of para-hydroxylation sites is 1. The predicted molar refractivity (Wildman–Crippen MR) is 107 cm³/mol. The normalized spacial score (nSPS) is 10.6. The number of carbonyl (C=O) groups excluding carboxylic acids is 2. The fraction of sp³-hybridized carbons (Fsp3) is 0.364. The van der Waals surface area contributed by atoms with Gasteiger partial charge in [0.2, 0.25) is 5.91 Å². The number of Topliss-reactive ketones (excluding diaryl/α,β-unsaturated/α-hetero) is 1. The van der Waals surface area contributed by atoms with Crippen molar-refractivity contribution in [1.82, 2.24) is 0 Å². The number of benzene rings is 2. The summed E-state index contributed by atoms with van der Waals surface area (Å²) < 4.78 is 11.0. The average molecular weight is 369 g/mol. The lowest BCUT2D eigenvalue weighted by molar-refractivity contribution is -0.116. The van der Waals surface area contributed by atoms with E-state index in [2.05, 4.69) is 19.2 Å². The summed E-state index contributed by atoms with van der Waals surface area (Å²) in [6, 6.07) is 12.9. The van der Waals surface area contributed by atoms with Crippen LogP contribution in [0.4, 0.5) is 5.69 Å². The third-order valence-corrected chi connectivity index (χ3v) is 4.23. The molecule has 1 N–H and O–H groups in total. The van der Waals surface area contributed by atoms with Gasteiger partial charge in [-0.1, -0.05) is 32.0 Å². The van der Waals surface area contributed by atoms with Gasteiger partial charge in [0.25, 0.3) is 0 Å². The van der Waals surface area contributed by atoms with Crippen LogP contribution in [-0.2, 0) is 4.79 Å². The molecule has 0 fully saturated rings. The van der Waals surface area contributed by atoms with E-state index in [0.717, 1.165) is 11.3 Å². The molecular weight excluding hydrogens is 342 g/mol. The van der Waals surface area contributed by atoms with Gasteiger partial charge < -0.3 is 14.8 Å². The lowest BCUT2D eigenvalue weighted by Gasteiger charge is -2.14. The zero-order chi connectivity index (χ0) is 19.8. The van der Waals surface area contributed by atoms with Crippen molar-refractivity contribution >= 4 is 17.4 Å². The van der Waals surface area contributed by atoms with Crippen LogP contribution in [0.2, 0.25) is 0 Å². The van der Waals surface area contributed by atoms with E-state index in [1.807, 2.05) is 24.3 Å². The van der Waals surface area contributed by atoms with E-state index in [9.17, 15) is 9.59 Å². The van der Waals surface area contributed by atoms with Gasteiger partial charge >= 0.3 is 0 Å². The number of hydrogen-bond acceptors (Lipinski definition) is 4. The Morgan fingerprint density at radius 2 is 1.81 bits per heavy atom. The lowest BCUT2D eigenvalue weighted by atomic mass is 10.0. The van der Waals surface area contributed by atoms with E-state index < -0.39 is 0 Å². The summed E-state index contributed by atoms with van der Waals surface area (Å²) in [5, 5.41) is 2.98. The molecule has 0 radical (unpaired) electrons. The van der Waals surface area contributed by atoms with Crippen molar-refractivity contribution in [1.29, 1.82) is 0 Å². The Kier molecular flexibility index (Phi) is 7.41. The summed E-state index contributed by atoms with van der Waals surface area (Å²) in [6.07, 6.45) is 0.938. The summed E-state index contributed by atoms with van der Waals surface area (Å²) >= 11 is 0. The number of carbonyl (C=O) groups is 2. The largest absolute Gasteiger partial charge is 0.493 e. The number of ether oxygens (including phenoxy) is 2. The molecule has 0 bridgehead atoms. The van der Waals surface area contributed by atoms with Crippen molar-refractivity contribution in [2.45, 2.75) is 39.5 Å². The minimum atomic E-state index is -0.0365. The number of rotatable bonds is 9. The maximum absolute atomic E-state index is 12.2. The van der Waals surface area contributed by atoms with Crippen LogP contribution < -0.4 is 14.8 Å². The number of nitrogens with one attached hydrogen (secondary N) is 1. The topological polar surface area (TPSA) is 64.6 Å². The van der Waals surface area contributed by atoms with Gasteiger partial charge in [0.15, 0.2) is 17.3 Å². The molecule has 0 aliphatic heterocycles. The highest BCUT2D eigenvalue weighted by Gasteiger charge is 2.11. The summed E-state index contributed by atoms with van der Waals surface area (Å²) in [4.78, 5) is 23.6. The van der Waals surface area contributed by atoms with Gasteiger partial charge in [0.05, 0.1) is 13.7 Å². The van der Waals surface area contributed by atoms with Crippen molar-refractivity contribution in [3.8, 4) is 11.5 Å². The first-order valence-corrected chi connectivity index (χ1v) is 9.13. The molecule has 0 saturated carbocycles. The maximum atomic E-state index is 12.2. The SMILES string of the molecule is COc1cc(C(C)=O)ccc1OCCCC(=O)Nc1ccccc1C(C)C. The van der Waals surface area contributed by atoms with Crippen molar-refractivity contribution in [2.75, 3.05) is 19.0 Å². The molecule has 0 atom stereocenters. The van der Waals surface area contributed by atoms with E-state index in [4.69, 9.17) is 9.47 Å². The Morgan fingerprint density at radius 1 is 1.07 bits per heavy atom. The van der Waals surface area contributed by atoms with Gasteiger partial charge in [-0.2, -0.15) is 0 Å². The first kappa shape index (κ1) is 20.5. The van der Waals surface area contributed by atoms with Gasteiger partial charge in [-0.3, -0.25) is 9.59 Å². The van der Waals surface area contributed by atoms with E-state index in [-0.39, 0.29) is 11.7 Å². The monoisotopic (exact) mass is 369 g/mol. The molecule has 0 unspecified atom stereocenters. The second-order valence-electron chi connectivity index (χ2n) is 6.66. The number of anilines is 1. The van der Waals surface area contributed by atoms with Crippen LogP contribution >= 0.6 is 0 Å². The Labute approximate surface area is 160 Å². The minimum Gasteiger partial charge on any atom is -0.493 e. The zero-order valence-electron chi connectivity index (χ0n) is 16.4. The number of hydrogen-bond donors (Lipinski definition) is 1. The molecule has 0 aliphatic carbocycles. The molecule has 144 valence electrons. The van der Waals surface area contributed by atoms with Gasteiger partial charge in [-0.15, -0.1) is 0 Å². The molecule has 2 rings (SSSR count). The summed E-state index contributed by atoms with van der Waals surface area (Å²) in [6.45, 7) is 6.09. The molecule has 0 saturated heterocycles. The van der Waals surface area contributed by atoms with Crippen molar-refractivity contribution < 1.29 is 19.1 Å². The molecule has 0 heterocycles. The highest BCUT2D eigenvalue weighted by Crippen LogP contribution is 2.28. The highest BCUT2D eigenvalue weighted by molar-refractivity contribution is 5.94. The van der Waals surface area contributed by atoms with Crippen molar-refractivity contribution in [3.63, 3.8) is 0 Å². The smallest absolute Gasteiger partial charge is 0.224 e. The number of amides is 1. The third kappa shape index (κ3) is 5.84. The van der Waals surface area contributed by atoms with Crippen LogP contribution in [0.15, 0.2) is 42.5 Å². The van der Waals surface area contributed by atoms with E-state index in [1.54, 1.807) is 18.2 Å². The van der Waals surface area contributed by atoms with E-state index in [1.165, 1.54) is 14.0 Å². The van der Waals surface area contributed by atoms with Crippen molar-refractivity contribution in [3.05, 3.63) is 53.6 Å². The molecule has 27 heavy (non-hydrogen) atoms. The first-order valence-electron chi connectivity index (χ1n) is 9.13. The number of methoxy groups -OCH3 is 1. The van der Waals surface area contributed by atoms with Gasteiger partial charge in [-0.05, 0) is 49.1 Å². The van der Waals surface area contributed by atoms with Crippen LogP contribution in [0.5, 0.6) is 11.5 Å². The van der Waals surface area contributed by atoms with Gasteiger partial charge in [-0.25, -0.2) is 0 Å². The minimum absolute atomic E-state index is 0.0294. The molecule has 2 aromatic rings. The highest BCUT2D eigenvalue weighted by atomic mass is 16.5. The third-order valence-electron chi connectivity index (χ3n) is 4.23. The molecule has 0 spiro atoms. The Bertz CT molecular complexity index is 799. The molecule has 5 heteroatoms. The predicted octanol–water partition coefficient (Wildman–Crippen LogP) is 4.82. The molecule has 1 amide bonds.